The third kappa shape index (κ3) is 3.42. The molecule has 1 aromatic heterocycles. The van der Waals surface area contributed by atoms with E-state index < -0.39 is 0 Å². The third-order valence-corrected chi connectivity index (χ3v) is 3.39. The third-order valence-electron chi connectivity index (χ3n) is 3.39. The van der Waals surface area contributed by atoms with Crippen molar-refractivity contribution in [3.8, 4) is 5.75 Å². The highest BCUT2D eigenvalue weighted by molar-refractivity contribution is 6.05. The second kappa shape index (κ2) is 5.99. The Morgan fingerprint density at radius 2 is 1.90 bits per heavy atom. The number of phenolic OH excluding ortho intramolecular Hbond substituents is 1. The van der Waals surface area contributed by atoms with E-state index in [4.69, 9.17) is 0 Å². The summed E-state index contributed by atoms with van der Waals surface area (Å²) >= 11 is 0. The molecule has 112 valence electrons. The normalized spacial score (nSPS) is 11.1. The summed E-state index contributed by atoms with van der Waals surface area (Å²) < 4.78 is 0. The fraction of sp³-hybridized carbons (Fsp3) is 0.375. The van der Waals surface area contributed by atoms with Gasteiger partial charge in [-0.3, -0.25) is 9.89 Å². The fourth-order valence-electron chi connectivity index (χ4n) is 1.97. The van der Waals surface area contributed by atoms with Crippen molar-refractivity contribution in [3.05, 3.63) is 41.1 Å². The lowest BCUT2D eigenvalue weighted by Gasteiger charge is -2.09. The van der Waals surface area contributed by atoms with E-state index in [0.29, 0.717) is 11.7 Å². The van der Waals surface area contributed by atoms with Crippen LogP contribution in [0.15, 0.2) is 24.3 Å². The maximum absolute atomic E-state index is 12.3. The number of rotatable bonds is 4. The number of hydrogen-bond donors (Lipinski definition) is 3. The topological polar surface area (TPSA) is 78.0 Å². The van der Waals surface area contributed by atoms with E-state index in [0.717, 1.165) is 11.3 Å². The first-order valence-corrected chi connectivity index (χ1v) is 7.08. The number of nitrogens with zero attached hydrogens (tertiary/aromatic N) is 1. The van der Waals surface area contributed by atoms with Gasteiger partial charge in [0.25, 0.3) is 5.91 Å². The van der Waals surface area contributed by atoms with Crippen LogP contribution in [0.4, 0.5) is 5.82 Å². The molecule has 3 N–H and O–H groups in total. The first-order chi connectivity index (χ1) is 9.88. The molecule has 0 atom stereocenters. The van der Waals surface area contributed by atoms with Gasteiger partial charge in [-0.1, -0.05) is 33.8 Å². The Bertz CT molecular complexity index is 645. The van der Waals surface area contributed by atoms with Crippen LogP contribution in [0.25, 0.3) is 0 Å². The number of carbonyl (C=O) groups excluding carboxylic acids is 1. The van der Waals surface area contributed by atoms with Crippen LogP contribution >= 0.6 is 0 Å². The predicted molar refractivity (Wildman–Crippen MR) is 82.8 cm³/mol. The molecule has 2 rings (SSSR count). The molecule has 1 heterocycles. The number of aromatic amines is 1. The minimum Gasteiger partial charge on any atom is -0.507 e. The van der Waals surface area contributed by atoms with Gasteiger partial charge in [-0.25, -0.2) is 0 Å². The van der Waals surface area contributed by atoms with Gasteiger partial charge < -0.3 is 10.4 Å². The van der Waals surface area contributed by atoms with Crippen molar-refractivity contribution in [1.82, 2.24) is 10.2 Å². The molecule has 5 heteroatoms. The average molecular weight is 287 g/mol. The van der Waals surface area contributed by atoms with E-state index in [2.05, 4.69) is 15.5 Å². The first-order valence-electron chi connectivity index (χ1n) is 7.08. The summed E-state index contributed by atoms with van der Waals surface area (Å²) in [4.78, 5) is 12.3. The zero-order chi connectivity index (χ0) is 15.6. The maximum Gasteiger partial charge on any atom is 0.260 e. The minimum absolute atomic E-state index is 0.0310. The number of carbonyl (C=O) groups is 1. The van der Waals surface area contributed by atoms with Crippen molar-refractivity contribution in [2.75, 3.05) is 5.32 Å². The van der Waals surface area contributed by atoms with Crippen molar-refractivity contribution in [3.63, 3.8) is 0 Å². The number of nitrogens with one attached hydrogen (secondary N) is 2. The SMILES string of the molecule is CC(C)c1ccc(O)c(C(=O)Nc2cc(C(C)C)[nH]n2)c1. The molecule has 0 fully saturated rings. The first kappa shape index (κ1) is 15.1. The van der Waals surface area contributed by atoms with Crippen LogP contribution < -0.4 is 5.32 Å². The van der Waals surface area contributed by atoms with Crippen LogP contribution in [-0.4, -0.2) is 21.2 Å². The van der Waals surface area contributed by atoms with Gasteiger partial charge >= 0.3 is 0 Å². The number of amides is 1. The summed E-state index contributed by atoms with van der Waals surface area (Å²) in [5.41, 5.74) is 2.21. The van der Waals surface area contributed by atoms with Gasteiger partial charge in [-0.05, 0) is 29.5 Å². The van der Waals surface area contributed by atoms with E-state index in [9.17, 15) is 9.90 Å². The summed E-state index contributed by atoms with van der Waals surface area (Å²) in [5.74, 6) is 0.655. The smallest absolute Gasteiger partial charge is 0.260 e. The quantitative estimate of drug-likeness (QED) is 0.803. The number of H-pyrrole nitrogens is 1. The van der Waals surface area contributed by atoms with E-state index in [1.807, 2.05) is 33.8 Å². The molecule has 0 bridgehead atoms. The molecule has 0 saturated carbocycles. The van der Waals surface area contributed by atoms with Gasteiger partial charge in [0.05, 0.1) is 5.56 Å². The van der Waals surface area contributed by atoms with E-state index in [1.54, 1.807) is 18.2 Å². The Morgan fingerprint density at radius 1 is 1.19 bits per heavy atom. The van der Waals surface area contributed by atoms with Crippen LogP contribution in [0.2, 0.25) is 0 Å². The Labute approximate surface area is 124 Å². The van der Waals surface area contributed by atoms with Crippen molar-refractivity contribution in [2.45, 2.75) is 39.5 Å². The molecule has 0 spiro atoms. The van der Waals surface area contributed by atoms with Gasteiger partial charge in [-0.15, -0.1) is 0 Å². The highest BCUT2D eigenvalue weighted by Crippen LogP contribution is 2.24. The Hall–Kier alpha value is -2.30. The number of aromatic nitrogens is 2. The van der Waals surface area contributed by atoms with Gasteiger partial charge in [0.15, 0.2) is 5.82 Å². The van der Waals surface area contributed by atoms with Gasteiger partial charge in [0, 0.05) is 11.8 Å². The fourth-order valence-corrected chi connectivity index (χ4v) is 1.97. The minimum atomic E-state index is -0.364. The lowest BCUT2D eigenvalue weighted by atomic mass is 10.00. The van der Waals surface area contributed by atoms with Crippen molar-refractivity contribution < 1.29 is 9.90 Å². The largest absolute Gasteiger partial charge is 0.507 e. The molecule has 21 heavy (non-hydrogen) atoms. The molecular weight excluding hydrogens is 266 g/mol. The van der Waals surface area contributed by atoms with Gasteiger partial charge in [0.1, 0.15) is 5.75 Å². The second-order valence-corrected chi connectivity index (χ2v) is 5.75. The second-order valence-electron chi connectivity index (χ2n) is 5.75. The van der Waals surface area contributed by atoms with Crippen LogP contribution in [0.3, 0.4) is 0 Å². The van der Waals surface area contributed by atoms with Crippen molar-refractivity contribution >= 4 is 11.7 Å². The number of hydrogen-bond acceptors (Lipinski definition) is 3. The molecule has 0 aliphatic rings. The molecular formula is C16H21N3O2. The number of phenols is 1. The molecule has 2 aromatic rings. The van der Waals surface area contributed by atoms with Crippen molar-refractivity contribution in [2.24, 2.45) is 0 Å². The monoisotopic (exact) mass is 287 g/mol. The van der Waals surface area contributed by atoms with Crippen molar-refractivity contribution in [1.29, 1.82) is 0 Å². The summed E-state index contributed by atoms with van der Waals surface area (Å²) in [6, 6.07) is 6.88. The summed E-state index contributed by atoms with van der Waals surface area (Å²) in [6.45, 7) is 8.15. The number of aromatic hydroxyl groups is 1. The number of anilines is 1. The summed E-state index contributed by atoms with van der Waals surface area (Å²) in [7, 11) is 0. The van der Waals surface area contributed by atoms with Crippen LogP contribution in [0, 0.1) is 0 Å². The van der Waals surface area contributed by atoms with Gasteiger partial charge in [0.2, 0.25) is 0 Å². The highest BCUT2D eigenvalue weighted by atomic mass is 16.3. The molecule has 0 radical (unpaired) electrons. The zero-order valence-electron chi connectivity index (χ0n) is 12.8. The Morgan fingerprint density at radius 3 is 2.48 bits per heavy atom. The summed E-state index contributed by atoms with van der Waals surface area (Å²) in [6.07, 6.45) is 0. The molecule has 1 amide bonds. The van der Waals surface area contributed by atoms with Gasteiger partial charge in [-0.2, -0.15) is 5.10 Å². The van der Waals surface area contributed by atoms with Crippen LogP contribution in [-0.2, 0) is 0 Å². The predicted octanol–water partition coefficient (Wildman–Crippen LogP) is 3.61. The Kier molecular flexibility index (Phi) is 4.31. The molecule has 5 nitrogen and oxygen atoms in total. The molecule has 0 saturated heterocycles. The van der Waals surface area contributed by atoms with E-state index in [1.165, 1.54) is 0 Å². The lowest BCUT2D eigenvalue weighted by molar-refractivity contribution is 0.102. The maximum atomic E-state index is 12.3. The van der Waals surface area contributed by atoms with E-state index in [-0.39, 0.29) is 23.1 Å². The zero-order valence-corrected chi connectivity index (χ0v) is 12.8. The molecule has 0 unspecified atom stereocenters. The standard InChI is InChI=1S/C16H21N3O2/c1-9(2)11-5-6-14(20)12(7-11)16(21)17-15-8-13(10(3)4)18-19-15/h5-10,20H,1-4H3,(H2,17,18,19,21). The molecule has 0 aliphatic heterocycles. The number of benzene rings is 1. The molecule has 1 aromatic carbocycles. The highest BCUT2D eigenvalue weighted by Gasteiger charge is 2.15. The van der Waals surface area contributed by atoms with Crippen LogP contribution in [0.5, 0.6) is 5.75 Å². The average Bonchev–Trinajstić information content (AvgIpc) is 2.87. The lowest BCUT2D eigenvalue weighted by Crippen LogP contribution is -2.13. The summed E-state index contributed by atoms with van der Waals surface area (Å²) in [5, 5.41) is 19.5. The Balaban J connectivity index is 2.21. The van der Waals surface area contributed by atoms with Crippen LogP contribution in [0.1, 0.15) is 61.1 Å². The molecule has 0 aliphatic carbocycles. The van der Waals surface area contributed by atoms with E-state index >= 15 is 0 Å².